The van der Waals surface area contributed by atoms with E-state index >= 15 is 0 Å². The van der Waals surface area contributed by atoms with E-state index in [1.807, 2.05) is 50.2 Å². The molecule has 0 aliphatic heterocycles. The zero-order valence-corrected chi connectivity index (χ0v) is 12.8. The van der Waals surface area contributed by atoms with Gasteiger partial charge < -0.3 is 15.8 Å². The summed E-state index contributed by atoms with van der Waals surface area (Å²) >= 11 is 0. The minimum atomic E-state index is -0.218. The first kappa shape index (κ1) is 15.6. The van der Waals surface area contributed by atoms with E-state index in [9.17, 15) is 4.79 Å². The molecule has 0 aliphatic carbocycles. The molecular formula is C18H20N2O2. The molecule has 2 aromatic carbocycles. The summed E-state index contributed by atoms with van der Waals surface area (Å²) in [6.45, 7) is 4.53. The van der Waals surface area contributed by atoms with E-state index in [1.54, 1.807) is 12.1 Å². The Balaban J connectivity index is 1.98. The molecule has 0 saturated carbocycles. The zero-order valence-electron chi connectivity index (χ0n) is 12.8. The van der Waals surface area contributed by atoms with E-state index in [1.165, 1.54) is 6.08 Å². The van der Waals surface area contributed by atoms with Crippen LogP contribution in [0, 0.1) is 6.92 Å². The monoisotopic (exact) mass is 296 g/mol. The van der Waals surface area contributed by atoms with Crippen molar-refractivity contribution in [3.63, 3.8) is 0 Å². The van der Waals surface area contributed by atoms with Crippen LogP contribution in [0.5, 0.6) is 5.75 Å². The van der Waals surface area contributed by atoms with Crippen LogP contribution in [0.4, 0.5) is 11.4 Å². The molecule has 2 aromatic rings. The normalized spacial score (nSPS) is 10.6. The van der Waals surface area contributed by atoms with Crippen molar-refractivity contribution in [3.05, 3.63) is 59.7 Å². The fourth-order valence-electron chi connectivity index (χ4n) is 1.98. The van der Waals surface area contributed by atoms with Crippen molar-refractivity contribution in [2.24, 2.45) is 0 Å². The molecule has 0 bridgehead atoms. The summed E-state index contributed by atoms with van der Waals surface area (Å²) in [6.07, 6.45) is 3.23. The van der Waals surface area contributed by atoms with Crippen LogP contribution in [0.15, 0.2) is 48.5 Å². The van der Waals surface area contributed by atoms with Crippen LogP contribution in [0.3, 0.4) is 0 Å². The molecule has 4 nitrogen and oxygen atoms in total. The van der Waals surface area contributed by atoms with E-state index in [2.05, 4.69) is 5.32 Å². The van der Waals surface area contributed by atoms with Gasteiger partial charge in [-0.15, -0.1) is 0 Å². The molecule has 0 aliphatic rings. The maximum Gasteiger partial charge on any atom is 0.248 e. The Kier molecular flexibility index (Phi) is 5.20. The number of carbonyl (C=O) groups excluding carboxylic acids is 1. The third-order valence-electron chi connectivity index (χ3n) is 3.08. The SMILES string of the molecule is CCOc1ccc(/C=C/C(=O)Nc2ccc(C)cc2N)cc1. The van der Waals surface area contributed by atoms with Crippen molar-refractivity contribution in [2.45, 2.75) is 13.8 Å². The second-order valence-corrected chi connectivity index (χ2v) is 4.92. The number of rotatable bonds is 5. The topological polar surface area (TPSA) is 64.3 Å². The highest BCUT2D eigenvalue weighted by molar-refractivity contribution is 6.03. The summed E-state index contributed by atoms with van der Waals surface area (Å²) < 4.78 is 5.37. The molecule has 0 fully saturated rings. The van der Waals surface area contributed by atoms with Crippen molar-refractivity contribution in [3.8, 4) is 5.75 Å². The van der Waals surface area contributed by atoms with Crippen LogP contribution < -0.4 is 15.8 Å². The Morgan fingerprint density at radius 3 is 2.59 bits per heavy atom. The molecule has 1 amide bonds. The van der Waals surface area contributed by atoms with Crippen LogP contribution in [0.1, 0.15) is 18.1 Å². The number of hydrogen-bond donors (Lipinski definition) is 2. The minimum absolute atomic E-state index is 0.218. The predicted octanol–water partition coefficient (Wildman–Crippen LogP) is 3.63. The van der Waals surface area contributed by atoms with Crippen molar-refractivity contribution in [1.29, 1.82) is 0 Å². The zero-order chi connectivity index (χ0) is 15.9. The summed E-state index contributed by atoms with van der Waals surface area (Å²) in [5.74, 6) is 0.598. The average molecular weight is 296 g/mol. The van der Waals surface area contributed by atoms with Crippen molar-refractivity contribution in [1.82, 2.24) is 0 Å². The van der Waals surface area contributed by atoms with Gasteiger partial charge in [-0.05, 0) is 55.3 Å². The van der Waals surface area contributed by atoms with Gasteiger partial charge in [-0.2, -0.15) is 0 Å². The summed E-state index contributed by atoms with van der Waals surface area (Å²) in [4.78, 5) is 11.9. The molecule has 0 radical (unpaired) electrons. The molecule has 0 aromatic heterocycles. The Labute approximate surface area is 130 Å². The Bertz CT molecular complexity index is 676. The van der Waals surface area contributed by atoms with Crippen LogP contribution in [0.2, 0.25) is 0 Å². The van der Waals surface area contributed by atoms with E-state index < -0.39 is 0 Å². The Morgan fingerprint density at radius 2 is 1.95 bits per heavy atom. The van der Waals surface area contributed by atoms with Crippen LogP contribution in [-0.4, -0.2) is 12.5 Å². The third kappa shape index (κ3) is 4.38. The Morgan fingerprint density at radius 1 is 1.23 bits per heavy atom. The smallest absolute Gasteiger partial charge is 0.248 e. The van der Waals surface area contributed by atoms with E-state index in [-0.39, 0.29) is 5.91 Å². The van der Waals surface area contributed by atoms with Crippen LogP contribution in [-0.2, 0) is 4.79 Å². The average Bonchev–Trinajstić information content (AvgIpc) is 2.50. The molecule has 22 heavy (non-hydrogen) atoms. The summed E-state index contributed by atoms with van der Waals surface area (Å²) in [7, 11) is 0. The molecule has 114 valence electrons. The van der Waals surface area contributed by atoms with Gasteiger partial charge in [0.05, 0.1) is 18.0 Å². The maximum absolute atomic E-state index is 11.9. The highest BCUT2D eigenvalue weighted by atomic mass is 16.5. The lowest BCUT2D eigenvalue weighted by Gasteiger charge is -2.06. The van der Waals surface area contributed by atoms with Gasteiger partial charge >= 0.3 is 0 Å². The first-order chi connectivity index (χ1) is 10.6. The largest absolute Gasteiger partial charge is 0.494 e. The molecule has 0 spiro atoms. The second kappa shape index (κ2) is 7.31. The number of amides is 1. The molecule has 4 heteroatoms. The highest BCUT2D eigenvalue weighted by Crippen LogP contribution is 2.19. The Hall–Kier alpha value is -2.75. The molecule has 0 saturated heterocycles. The molecule has 0 unspecified atom stereocenters. The van der Waals surface area contributed by atoms with E-state index in [4.69, 9.17) is 10.5 Å². The third-order valence-corrected chi connectivity index (χ3v) is 3.08. The number of nitrogen functional groups attached to an aromatic ring is 1. The highest BCUT2D eigenvalue weighted by Gasteiger charge is 2.02. The number of benzene rings is 2. The van der Waals surface area contributed by atoms with Gasteiger partial charge in [0, 0.05) is 6.08 Å². The molecule has 0 atom stereocenters. The fourth-order valence-corrected chi connectivity index (χ4v) is 1.98. The summed E-state index contributed by atoms with van der Waals surface area (Å²) in [5.41, 5.74) is 9.03. The van der Waals surface area contributed by atoms with Crippen LogP contribution in [0.25, 0.3) is 6.08 Å². The first-order valence-corrected chi connectivity index (χ1v) is 7.16. The van der Waals surface area contributed by atoms with Gasteiger partial charge in [-0.1, -0.05) is 18.2 Å². The number of carbonyl (C=O) groups is 1. The molecular weight excluding hydrogens is 276 g/mol. The fraction of sp³-hybridized carbons (Fsp3) is 0.167. The second-order valence-electron chi connectivity index (χ2n) is 4.92. The van der Waals surface area contributed by atoms with Gasteiger partial charge in [0.1, 0.15) is 5.75 Å². The lowest BCUT2D eigenvalue weighted by molar-refractivity contribution is -0.111. The molecule has 0 heterocycles. The van der Waals surface area contributed by atoms with Crippen molar-refractivity contribution < 1.29 is 9.53 Å². The van der Waals surface area contributed by atoms with Crippen LogP contribution >= 0.6 is 0 Å². The quantitative estimate of drug-likeness (QED) is 0.654. The minimum Gasteiger partial charge on any atom is -0.494 e. The number of aryl methyl sites for hydroxylation is 1. The van der Waals surface area contributed by atoms with Crippen molar-refractivity contribution in [2.75, 3.05) is 17.7 Å². The lowest BCUT2D eigenvalue weighted by atomic mass is 10.2. The van der Waals surface area contributed by atoms with Gasteiger partial charge in [0.15, 0.2) is 0 Å². The predicted molar refractivity (Wildman–Crippen MR) is 90.9 cm³/mol. The molecule has 2 rings (SSSR count). The van der Waals surface area contributed by atoms with Gasteiger partial charge in [0.2, 0.25) is 5.91 Å². The number of anilines is 2. The maximum atomic E-state index is 11.9. The molecule has 3 N–H and O–H groups in total. The van der Waals surface area contributed by atoms with Gasteiger partial charge in [-0.3, -0.25) is 4.79 Å². The number of ether oxygens (including phenoxy) is 1. The number of nitrogens with two attached hydrogens (primary N) is 1. The van der Waals surface area contributed by atoms with Gasteiger partial charge in [0.25, 0.3) is 0 Å². The van der Waals surface area contributed by atoms with Crippen molar-refractivity contribution >= 4 is 23.4 Å². The lowest BCUT2D eigenvalue weighted by Crippen LogP contribution is -2.09. The standard InChI is InChI=1S/C18H20N2O2/c1-3-22-15-8-5-14(6-9-15)7-11-18(21)20-17-10-4-13(2)12-16(17)19/h4-12H,3,19H2,1-2H3,(H,20,21)/b11-7+. The number of nitrogens with one attached hydrogen (secondary N) is 1. The van der Waals surface area contributed by atoms with E-state index in [0.717, 1.165) is 16.9 Å². The first-order valence-electron chi connectivity index (χ1n) is 7.16. The summed E-state index contributed by atoms with van der Waals surface area (Å²) in [5, 5.41) is 2.76. The number of hydrogen-bond acceptors (Lipinski definition) is 3. The van der Waals surface area contributed by atoms with Gasteiger partial charge in [-0.25, -0.2) is 0 Å². The summed E-state index contributed by atoms with van der Waals surface area (Å²) in [6, 6.07) is 13.1. The van der Waals surface area contributed by atoms with E-state index in [0.29, 0.717) is 18.0 Å².